The number of ketones is 1. The second-order valence-electron chi connectivity index (χ2n) is 11.6. The number of ether oxygens (including phenoxy) is 3. The molecule has 11 heteroatoms. The third-order valence-corrected chi connectivity index (χ3v) is 9.67. The lowest BCUT2D eigenvalue weighted by molar-refractivity contribution is -0.257. The van der Waals surface area contributed by atoms with Crippen molar-refractivity contribution in [3.8, 4) is 5.75 Å². The fourth-order valence-corrected chi connectivity index (χ4v) is 6.86. The molecule has 230 valence electrons. The van der Waals surface area contributed by atoms with Crippen molar-refractivity contribution in [1.29, 1.82) is 0 Å². The molecule has 4 rings (SSSR count). The Morgan fingerprint density at radius 3 is 2.52 bits per heavy atom. The van der Waals surface area contributed by atoms with Crippen molar-refractivity contribution in [3.05, 3.63) is 59.7 Å². The number of rotatable bonds is 12. The first-order valence-corrected chi connectivity index (χ1v) is 15.9. The van der Waals surface area contributed by atoms with Gasteiger partial charge in [0.2, 0.25) is 15.9 Å². The van der Waals surface area contributed by atoms with E-state index < -0.39 is 39.8 Å². The molecule has 0 bridgehead atoms. The van der Waals surface area contributed by atoms with Crippen LogP contribution >= 0.6 is 0 Å². The molecule has 2 aliphatic rings. The molecule has 2 heterocycles. The second-order valence-corrected chi connectivity index (χ2v) is 13.6. The Morgan fingerprint density at radius 1 is 1.12 bits per heavy atom. The number of piperidine rings is 1. The van der Waals surface area contributed by atoms with Gasteiger partial charge in [-0.15, -0.1) is 0 Å². The lowest BCUT2D eigenvalue weighted by atomic mass is 9.82. The molecule has 2 aromatic carbocycles. The number of carbonyl (C=O) groups is 2. The number of carbonyl (C=O) groups excluding carboxylic acids is 2. The van der Waals surface area contributed by atoms with Crippen LogP contribution < -0.4 is 10.1 Å². The minimum Gasteiger partial charge on any atom is -0.497 e. The van der Waals surface area contributed by atoms with E-state index >= 15 is 0 Å². The van der Waals surface area contributed by atoms with E-state index in [1.807, 2.05) is 26.0 Å². The molecule has 2 fully saturated rings. The van der Waals surface area contributed by atoms with Crippen molar-refractivity contribution >= 4 is 21.7 Å². The van der Waals surface area contributed by atoms with E-state index in [0.29, 0.717) is 37.4 Å². The minimum absolute atomic E-state index is 0.0784. The molecule has 0 radical (unpaired) electrons. The summed E-state index contributed by atoms with van der Waals surface area (Å²) in [6, 6.07) is 13.8. The van der Waals surface area contributed by atoms with Gasteiger partial charge in [-0.05, 0) is 55.5 Å². The number of aliphatic hydroxyl groups is 1. The SMILES string of the molecule is COc1ccc(C2OCC(C)(C)[C@H](C(=O)CCCC(O)C(=O)NCc3cccc(S(=O)(=O)N4CCCCC4)c3)O2)cc1. The molecule has 0 saturated carbocycles. The van der Waals surface area contributed by atoms with Crippen LogP contribution in [-0.4, -0.2) is 68.5 Å². The number of amides is 1. The van der Waals surface area contributed by atoms with Crippen LogP contribution in [0.25, 0.3) is 0 Å². The summed E-state index contributed by atoms with van der Waals surface area (Å²) in [5, 5.41) is 13.1. The van der Waals surface area contributed by atoms with Crippen LogP contribution in [0.3, 0.4) is 0 Å². The molecule has 2 unspecified atom stereocenters. The van der Waals surface area contributed by atoms with Gasteiger partial charge < -0.3 is 24.6 Å². The van der Waals surface area contributed by atoms with Gasteiger partial charge in [0.25, 0.3) is 0 Å². The van der Waals surface area contributed by atoms with Crippen molar-refractivity contribution in [2.45, 2.75) is 82.3 Å². The standard InChI is InChI=1S/C31H42N2O8S/c1-31(2)21-40-30(23-13-15-24(39-3)16-14-23)41-28(31)26(34)11-8-12-27(35)29(36)32-20-22-9-7-10-25(19-22)42(37,38)33-17-5-4-6-18-33/h7,9-10,13-16,19,27-28,30,35H,4-6,8,11-12,17-18,20-21H2,1-3H3,(H,32,36)/t27?,28-,30?/m0/s1. The summed E-state index contributed by atoms with van der Waals surface area (Å²) in [4.78, 5) is 25.9. The highest BCUT2D eigenvalue weighted by Gasteiger charge is 2.42. The Hall–Kier alpha value is -2.83. The zero-order valence-corrected chi connectivity index (χ0v) is 25.4. The van der Waals surface area contributed by atoms with E-state index in [-0.39, 0.29) is 30.1 Å². The summed E-state index contributed by atoms with van der Waals surface area (Å²) >= 11 is 0. The second kappa shape index (κ2) is 14.1. The number of sulfonamides is 1. The number of nitrogens with zero attached hydrogens (tertiary/aromatic N) is 1. The maximum absolute atomic E-state index is 13.1. The zero-order valence-electron chi connectivity index (χ0n) is 24.6. The van der Waals surface area contributed by atoms with Gasteiger partial charge in [0.1, 0.15) is 18.0 Å². The van der Waals surface area contributed by atoms with Gasteiger partial charge >= 0.3 is 0 Å². The van der Waals surface area contributed by atoms with Crippen LogP contribution in [0.1, 0.15) is 69.8 Å². The van der Waals surface area contributed by atoms with Gasteiger partial charge in [0.15, 0.2) is 12.1 Å². The molecule has 10 nitrogen and oxygen atoms in total. The molecule has 0 spiro atoms. The molecular weight excluding hydrogens is 560 g/mol. The highest BCUT2D eigenvalue weighted by Crippen LogP contribution is 2.38. The van der Waals surface area contributed by atoms with E-state index in [1.165, 1.54) is 4.31 Å². The molecule has 2 N–H and O–H groups in total. The summed E-state index contributed by atoms with van der Waals surface area (Å²) in [7, 11) is -2.00. The van der Waals surface area contributed by atoms with Gasteiger partial charge in [0, 0.05) is 37.0 Å². The third-order valence-electron chi connectivity index (χ3n) is 7.78. The molecule has 2 aromatic rings. The van der Waals surface area contributed by atoms with Crippen molar-refractivity contribution < 1.29 is 37.3 Å². The lowest BCUT2D eigenvalue weighted by Crippen LogP contribution is -2.47. The highest BCUT2D eigenvalue weighted by atomic mass is 32.2. The Kier molecular flexibility index (Phi) is 10.8. The van der Waals surface area contributed by atoms with E-state index in [2.05, 4.69) is 5.32 Å². The number of methoxy groups -OCH3 is 1. The van der Waals surface area contributed by atoms with E-state index in [9.17, 15) is 23.1 Å². The summed E-state index contributed by atoms with van der Waals surface area (Å²) in [6.07, 6.45) is 0.609. The number of aliphatic hydroxyl groups excluding tert-OH is 1. The van der Waals surface area contributed by atoms with Crippen LogP contribution in [0.15, 0.2) is 53.4 Å². The molecule has 3 atom stereocenters. The monoisotopic (exact) mass is 602 g/mol. The van der Waals surface area contributed by atoms with Gasteiger partial charge in [-0.3, -0.25) is 9.59 Å². The van der Waals surface area contributed by atoms with Crippen LogP contribution in [0.2, 0.25) is 0 Å². The molecule has 0 aromatic heterocycles. The smallest absolute Gasteiger partial charge is 0.249 e. The minimum atomic E-state index is -3.58. The van der Waals surface area contributed by atoms with Gasteiger partial charge in [-0.1, -0.05) is 44.5 Å². The van der Waals surface area contributed by atoms with Gasteiger partial charge in [-0.2, -0.15) is 4.31 Å². The number of hydrogen-bond acceptors (Lipinski definition) is 8. The van der Waals surface area contributed by atoms with Crippen LogP contribution in [0.4, 0.5) is 0 Å². The summed E-state index contributed by atoms with van der Waals surface area (Å²) in [5.74, 6) is 0.0227. The zero-order chi connectivity index (χ0) is 30.3. The first-order chi connectivity index (χ1) is 20.0. The first kappa shape index (κ1) is 32.1. The van der Waals surface area contributed by atoms with Crippen molar-refractivity contribution in [2.75, 3.05) is 26.8 Å². The largest absolute Gasteiger partial charge is 0.497 e. The van der Waals surface area contributed by atoms with Crippen LogP contribution in [0.5, 0.6) is 5.75 Å². The quantitative estimate of drug-likeness (QED) is 0.376. The topological polar surface area (TPSA) is 131 Å². The Morgan fingerprint density at radius 2 is 1.83 bits per heavy atom. The molecule has 2 saturated heterocycles. The summed E-state index contributed by atoms with van der Waals surface area (Å²) in [5.41, 5.74) is 0.867. The predicted molar refractivity (Wildman–Crippen MR) is 156 cm³/mol. The molecule has 2 aliphatic heterocycles. The van der Waals surface area contributed by atoms with E-state index in [1.54, 1.807) is 43.5 Å². The first-order valence-electron chi connectivity index (χ1n) is 14.5. The lowest BCUT2D eigenvalue weighted by Gasteiger charge is -2.41. The number of hydrogen-bond donors (Lipinski definition) is 2. The number of benzene rings is 2. The fourth-order valence-electron chi connectivity index (χ4n) is 5.27. The number of Topliss-reactive ketones (excluding diaryl/α,β-unsaturated/α-hetero) is 1. The average Bonchev–Trinajstić information content (AvgIpc) is 3.00. The molecule has 1 amide bonds. The third kappa shape index (κ3) is 7.96. The van der Waals surface area contributed by atoms with Crippen molar-refractivity contribution in [1.82, 2.24) is 9.62 Å². The normalized spacial score (nSPS) is 21.8. The van der Waals surface area contributed by atoms with Gasteiger partial charge in [-0.25, -0.2) is 8.42 Å². The maximum Gasteiger partial charge on any atom is 0.249 e. The van der Waals surface area contributed by atoms with Crippen molar-refractivity contribution in [3.63, 3.8) is 0 Å². The maximum atomic E-state index is 13.1. The summed E-state index contributed by atoms with van der Waals surface area (Å²) in [6.45, 7) is 5.27. The molecule has 42 heavy (non-hydrogen) atoms. The van der Waals surface area contributed by atoms with E-state index in [4.69, 9.17) is 14.2 Å². The highest BCUT2D eigenvalue weighted by molar-refractivity contribution is 7.89. The Balaban J connectivity index is 1.25. The Bertz CT molecular complexity index is 1320. The predicted octanol–water partition coefficient (Wildman–Crippen LogP) is 3.73. The van der Waals surface area contributed by atoms with Gasteiger partial charge in [0.05, 0.1) is 18.6 Å². The van der Waals surface area contributed by atoms with Crippen LogP contribution in [0, 0.1) is 5.41 Å². The average molecular weight is 603 g/mol. The number of nitrogens with one attached hydrogen (secondary N) is 1. The van der Waals surface area contributed by atoms with E-state index in [0.717, 1.165) is 24.8 Å². The fraction of sp³-hybridized carbons (Fsp3) is 0.548. The molecular formula is C31H42N2O8S. The Labute approximate surface area is 248 Å². The molecule has 0 aliphatic carbocycles. The summed E-state index contributed by atoms with van der Waals surface area (Å²) < 4.78 is 44.6. The van der Waals surface area contributed by atoms with Crippen molar-refractivity contribution in [2.24, 2.45) is 5.41 Å². The van der Waals surface area contributed by atoms with Crippen LogP contribution in [-0.2, 0) is 35.6 Å².